The second-order valence-corrected chi connectivity index (χ2v) is 14.6. The molecule has 4 aromatic carbocycles. The first-order valence-electron chi connectivity index (χ1n) is 18.4. The van der Waals surface area contributed by atoms with Gasteiger partial charge in [-0.25, -0.2) is 0 Å². The molecule has 0 saturated heterocycles. The SMILES string of the molecule is CC1(NC(=O)CCC(=O)N2Cc3ccccc3/C=C\c3ccccc32)CC(c2c[nH]c3ccccc23)C1C(=O)NC(Cc1c[nH]c2ccccc12)C(N)=O. The lowest BCUT2D eigenvalue weighted by Gasteiger charge is -2.53. The van der Waals surface area contributed by atoms with Gasteiger partial charge in [-0.1, -0.05) is 91.0 Å². The summed E-state index contributed by atoms with van der Waals surface area (Å²) in [6, 6.07) is 30.4. The van der Waals surface area contributed by atoms with Crippen molar-refractivity contribution in [1.29, 1.82) is 0 Å². The number of aromatic nitrogens is 2. The Morgan fingerprint density at radius 1 is 0.815 bits per heavy atom. The lowest BCUT2D eigenvalue weighted by molar-refractivity contribution is -0.140. The van der Waals surface area contributed by atoms with Gasteiger partial charge in [-0.2, -0.15) is 0 Å². The molecule has 1 aliphatic heterocycles. The summed E-state index contributed by atoms with van der Waals surface area (Å²) < 4.78 is 0. The number of fused-ring (bicyclic) bond motifs is 4. The average Bonchev–Trinajstić information content (AvgIpc) is 3.78. The topological polar surface area (TPSA) is 153 Å². The number of carbonyl (C=O) groups is 4. The number of nitrogens with one attached hydrogen (secondary N) is 4. The molecule has 6 N–H and O–H groups in total. The van der Waals surface area contributed by atoms with E-state index in [1.165, 1.54) is 0 Å². The van der Waals surface area contributed by atoms with Crippen LogP contribution in [0, 0.1) is 5.92 Å². The van der Waals surface area contributed by atoms with E-state index in [1.807, 2.05) is 122 Å². The van der Waals surface area contributed by atoms with E-state index < -0.39 is 23.4 Å². The van der Waals surface area contributed by atoms with Crippen molar-refractivity contribution in [3.8, 4) is 0 Å². The van der Waals surface area contributed by atoms with E-state index in [2.05, 4.69) is 26.7 Å². The highest BCUT2D eigenvalue weighted by Crippen LogP contribution is 2.52. The number of amides is 4. The van der Waals surface area contributed by atoms with Crippen molar-refractivity contribution in [1.82, 2.24) is 20.6 Å². The first-order chi connectivity index (χ1) is 26.2. The summed E-state index contributed by atoms with van der Waals surface area (Å²) in [7, 11) is 0. The molecule has 1 fully saturated rings. The molecule has 10 heteroatoms. The second-order valence-electron chi connectivity index (χ2n) is 14.6. The molecule has 2 aliphatic rings. The lowest BCUT2D eigenvalue weighted by Crippen LogP contribution is -2.66. The maximum absolute atomic E-state index is 14.4. The molecule has 54 heavy (non-hydrogen) atoms. The fraction of sp³-hybridized carbons (Fsp3) is 0.227. The van der Waals surface area contributed by atoms with E-state index in [9.17, 15) is 19.2 Å². The fourth-order valence-electron chi connectivity index (χ4n) is 8.39. The van der Waals surface area contributed by atoms with Crippen molar-refractivity contribution in [3.63, 3.8) is 0 Å². The monoisotopic (exact) mass is 718 g/mol. The minimum Gasteiger partial charge on any atom is -0.368 e. The van der Waals surface area contributed by atoms with Gasteiger partial charge in [0.1, 0.15) is 6.04 Å². The zero-order valence-corrected chi connectivity index (χ0v) is 30.0. The Bertz CT molecular complexity index is 2440. The number of benzene rings is 4. The third-order valence-corrected chi connectivity index (χ3v) is 11.1. The van der Waals surface area contributed by atoms with Gasteiger partial charge in [0.15, 0.2) is 0 Å². The zero-order valence-electron chi connectivity index (χ0n) is 30.0. The first-order valence-corrected chi connectivity index (χ1v) is 18.4. The molecule has 272 valence electrons. The van der Waals surface area contributed by atoms with E-state index >= 15 is 0 Å². The number of nitrogens with zero attached hydrogens (tertiary/aromatic N) is 1. The van der Waals surface area contributed by atoms with E-state index in [0.29, 0.717) is 13.0 Å². The summed E-state index contributed by atoms with van der Waals surface area (Å²) in [5, 5.41) is 8.04. The number of carbonyl (C=O) groups excluding carboxylic acids is 4. The number of rotatable bonds is 10. The van der Waals surface area contributed by atoms with Crippen LogP contribution < -0.4 is 21.3 Å². The Morgan fingerprint density at radius 3 is 2.26 bits per heavy atom. The normalized spacial score (nSPS) is 20.1. The number of primary amides is 1. The molecule has 4 amide bonds. The number of aromatic amines is 2. The molecule has 4 unspecified atom stereocenters. The molecule has 0 bridgehead atoms. The maximum Gasteiger partial charge on any atom is 0.240 e. The summed E-state index contributed by atoms with van der Waals surface area (Å²) in [5.41, 5.74) is 12.4. The summed E-state index contributed by atoms with van der Waals surface area (Å²) in [4.78, 5) is 63.1. The third-order valence-electron chi connectivity index (χ3n) is 11.1. The molecular weight excluding hydrogens is 677 g/mol. The number of nitrogens with two attached hydrogens (primary N) is 1. The van der Waals surface area contributed by atoms with Gasteiger partial charge in [-0.15, -0.1) is 0 Å². The van der Waals surface area contributed by atoms with Crippen molar-refractivity contribution >= 4 is 63.3 Å². The quantitative estimate of drug-likeness (QED) is 0.112. The minimum atomic E-state index is -0.973. The van der Waals surface area contributed by atoms with Gasteiger partial charge in [-0.3, -0.25) is 19.2 Å². The number of para-hydroxylation sites is 3. The Kier molecular flexibility index (Phi) is 9.11. The first kappa shape index (κ1) is 34.7. The van der Waals surface area contributed by atoms with Gasteiger partial charge in [0, 0.05) is 64.9 Å². The van der Waals surface area contributed by atoms with Crippen molar-refractivity contribution in [3.05, 3.63) is 137 Å². The van der Waals surface area contributed by atoms with Crippen LogP contribution in [-0.2, 0) is 32.1 Å². The smallest absolute Gasteiger partial charge is 0.240 e. The molecule has 10 nitrogen and oxygen atoms in total. The molecule has 3 heterocycles. The van der Waals surface area contributed by atoms with Crippen molar-refractivity contribution in [2.45, 2.75) is 56.7 Å². The summed E-state index contributed by atoms with van der Waals surface area (Å²) >= 11 is 0. The van der Waals surface area contributed by atoms with Crippen molar-refractivity contribution < 1.29 is 19.2 Å². The molecule has 1 saturated carbocycles. The van der Waals surface area contributed by atoms with Gasteiger partial charge in [-0.05, 0) is 59.4 Å². The molecule has 4 atom stereocenters. The second kappa shape index (κ2) is 14.2. The molecule has 0 radical (unpaired) electrons. The molecule has 6 aromatic rings. The summed E-state index contributed by atoms with van der Waals surface area (Å²) in [6.07, 6.45) is 8.45. The lowest BCUT2D eigenvalue weighted by atomic mass is 9.57. The van der Waals surface area contributed by atoms with Gasteiger partial charge < -0.3 is 31.2 Å². The Labute approximate surface area is 312 Å². The van der Waals surface area contributed by atoms with Gasteiger partial charge in [0.05, 0.1) is 18.2 Å². The van der Waals surface area contributed by atoms with Crippen molar-refractivity contribution in [2.24, 2.45) is 11.7 Å². The molecule has 8 rings (SSSR count). The number of anilines is 1. The van der Waals surface area contributed by atoms with Crippen LogP contribution in [0.15, 0.2) is 109 Å². The van der Waals surface area contributed by atoms with Gasteiger partial charge in [0.25, 0.3) is 0 Å². The zero-order chi connectivity index (χ0) is 37.4. The summed E-state index contributed by atoms with van der Waals surface area (Å²) in [5.74, 6) is -2.49. The van der Waals surface area contributed by atoms with Gasteiger partial charge in [0.2, 0.25) is 23.6 Å². The number of hydrogen-bond acceptors (Lipinski definition) is 4. The average molecular weight is 719 g/mol. The van der Waals surface area contributed by atoms with Crippen LogP contribution >= 0.6 is 0 Å². The Hall–Kier alpha value is -6.42. The van der Waals surface area contributed by atoms with E-state index in [-0.39, 0.29) is 42.9 Å². The minimum absolute atomic E-state index is 0.0146. The van der Waals surface area contributed by atoms with Crippen LogP contribution in [0.5, 0.6) is 0 Å². The molecule has 1 aliphatic carbocycles. The number of hydrogen-bond donors (Lipinski definition) is 5. The van der Waals surface area contributed by atoms with Crippen LogP contribution in [0.2, 0.25) is 0 Å². The Morgan fingerprint density at radius 2 is 1.46 bits per heavy atom. The van der Waals surface area contributed by atoms with Crippen molar-refractivity contribution in [2.75, 3.05) is 4.90 Å². The fourth-order valence-corrected chi connectivity index (χ4v) is 8.39. The third kappa shape index (κ3) is 6.55. The van der Waals surface area contributed by atoms with E-state index in [0.717, 1.165) is 55.3 Å². The Balaban J connectivity index is 1.01. The molecule has 2 aromatic heterocycles. The number of H-pyrrole nitrogens is 2. The van der Waals surface area contributed by atoms with E-state index in [4.69, 9.17) is 5.73 Å². The van der Waals surface area contributed by atoms with E-state index in [1.54, 1.807) is 4.90 Å². The maximum atomic E-state index is 14.4. The molecule has 0 spiro atoms. The highest BCUT2D eigenvalue weighted by Gasteiger charge is 2.56. The van der Waals surface area contributed by atoms with Crippen LogP contribution in [-0.4, -0.2) is 45.2 Å². The molecular formula is C44H42N6O4. The standard InChI is InChI=1S/C44H42N6O4/c1-44(49-39(51)20-21-40(52)50-26-29-12-3-2-10-27(29)18-19-28-11-4-9-17-38(28)50)23-33(34-25-47-36-16-8-6-14-32(34)36)41(44)43(54)48-37(42(45)53)22-30-24-46-35-15-7-5-13-31(30)35/h2-19,24-25,33,37,41,46-47H,20-23,26H2,1H3,(H2,45,53)(H,48,54)(H,49,51)/b19-18-. The van der Waals surface area contributed by atoms with Crippen LogP contribution in [0.3, 0.4) is 0 Å². The predicted octanol–water partition coefficient (Wildman–Crippen LogP) is 6.34. The van der Waals surface area contributed by atoms with Crippen LogP contribution in [0.25, 0.3) is 34.0 Å². The highest BCUT2D eigenvalue weighted by atomic mass is 16.2. The largest absolute Gasteiger partial charge is 0.368 e. The van der Waals surface area contributed by atoms with Crippen LogP contribution in [0.1, 0.15) is 59.9 Å². The highest BCUT2D eigenvalue weighted by molar-refractivity contribution is 5.99. The van der Waals surface area contributed by atoms with Crippen LogP contribution in [0.4, 0.5) is 5.69 Å². The predicted molar refractivity (Wildman–Crippen MR) is 211 cm³/mol. The summed E-state index contributed by atoms with van der Waals surface area (Å²) in [6.45, 7) is 2.24. The van der Waals surface area contributed by atoms with Gasteiger partial charge >= 0.3 is 0 Å².